The molecule has 0 saturated carbocycles. The van der Waals surface area contributed by atoms with Crippen LogP contribution < -0.4 is 5.32 Å². The first kappa shape index (κ1) is 13.0. The zero-order chi connectivity index (χ0) is 13.1. The van der Waals surface area contributed by atoms with Gasteiger partial charge in [0.1, 0.15) is 0 Å². The number of hydrogen-bond donors (Lipinski definition) is 1. The maximum atomic E-state index is 11.8. The number of thiazole rings is 1. The number of hydrogen-bond acceptors (Lipinski definition) is 5. The summed E-state index contributed by atoms with van der Waals surface area (Å²) < 4.78 is 4.83. The molecular weight excluding hydrogens is 252 g/mol. The van der Waals surface area contributed by atoms with Crippen molar-refractivity contribution < 1.29 is 14.3 Å². The lowest BCUT2D eigenvalue weighted by molar-refractivity contribution is -0.143. The summed E-state index contributed by atoms with van der Waals surface area (Å²) in [6, 6.07) is -0.0684. The quantitative estimate of drug-likeness (QED) is 0.842. The summed E-state index contributed by atoms with van der Waals surface area (Å²) in [5, 5.41) is 3.86. The Bertz CT molecular complexity index is 458. The fourth-order valence-corrected chi connectivity index (χ4v) is 2.68. The van der Waals surface area contributed by atoms with Gasteiger partial charge in [0.2, 0.25) is 5.91 Å². The molecule has 1 aromatic rings. The van der Waals surface area contributed by atoms with Crippen molar-refractivity contribution in [3.8, 4) is 0 Å². The van der Waals surface area contributed by atoms with E-state index in [2.05, 4.69) is 10.3 Å². The Kier molecular flexibility index (Phi) is 3.96. The molecule has 2 heterocycles. The SMILES string of the molecule is Cc1ncc(C(C)NC(=O)CC2CCOC2=O)s1. The molecular formula is C12H16N2O3S. The van der Waals surface area contributed by atoms with Crippen LogP contribution in [0.2, 0.25) is 0 Å². The smallest absolute Gasteiger partial charge is 0.309 e. The Morgan fingerprint density at radius 1 is 1.72 bits per heavy atom. The first-order valence-corrected chi connectivity index (χ1v) is 6.76. The number of aryl methyl sites for hydroxylation is 1. The van der Waals surface area contributed by atoms with E-state index in [1.807, 2.05) is 13.8 Å². The van der Waals surface area contributed by atoms with Crippen LogP contribution in [0.4, 0.5) is 0 Å². The fraction of sp³-hybridized carbons (Fsp3) is 0.583. The lowest BCUT2D eigenvalue weighted by Gasteiger charge is -2.12. The Labute approximate surface area is 110 Å². The fourth-order valence-electron chi connectivity index (χ4n) is 1.90. The molecule has 1 N–H and O–H groups in total. The molecule has 1 saturated heterocycles. The van der Waals surface area contributed by atoms with Gasteiger partial charge >= 0.3 is 5.97 Å². The molecule has 1 amide bonds. The second-order valence-corrected chi connectivity index (χ2v) is 5.69. The van der Waals surface area contributed by atoms with Crippen molar-refractivity contribution in [2.75, 3.05) is 6.61 Å². The van der Waals surface area contributed by atoms with E-state index >= 15 is 0 Å². The number of amides is 1. The van der Waals surface area contributed by atoms with Crippen molar-refractivity contribution in [2.45, 2.75) is 32.7 Å². The van der Waals surface area contributed by atoms with Crippen LogP contribution in [0.3, 0.4) is 0 Å². The predicted octanol–water partition coefficient (Wildman–Crippen LogP) is 1.58. The second kappa shape index (κ2) is 5.48. The van der Waals surface area contributed by atoms with E-state index in [4.69, 9.17) is 4.74 Å². The number of esters is 1. The van der Waals surface area contributed by atoms with Crippen LogP contribution in [0.25, 0.3) is 0 Å². The van der Waals surface area contributed by atoms with Crippen molar-refractivity contribution in [3.63, 3.8) is 0 Å². The van der Waals surface area contributed by atoms with Crippen molar-refractivity contribution >= 4 is 23.2 Å². The molecule has 2 atom stereocenters. The van der Waals surface area contributed by atoms with Gasteiger partial charge in [-0.3, -0.25) is 9.59 Å². The van der Waals surface area contributed by atoms with Crippen molar-refractivity contribution in [2.24, 2.45) is 5.92 Å². The lowest BCUT2D eigenvalue weighted by Crippen LogP contribution is -2.29. The Balaban J connectivity index is 1.85. The second-order valence-electron chi connectivity index (χ2n) is 4.43. The molecule has 6 heteroatoms. The van der Waals surface area contributed by atoms with Crippen LogP contribution in [0.5, 0.6) is 0 Å². The maximum Gasteiger partial charge on any atom is 0.309 e. The molecule has 98 valence electrons. The monoisotopic (exact) mass is 268 g/mol. The summed E-state index contributed by atoms with van der Waals surface area (Å²) in [5.41, 5.74) is 0. The molecule has 1 aliphatic rings. The first-order chi connectivity index (χ1) is 8.56. The van der Waals surface area contributed by atoms with Crippen LogP contribution in [0, 0.1) is 12.8 Å². The van der Waals surface area contributed by atoms with Gasteiger partial charge in [0, 0.05) is 17.5 Å². The minimum atomic E-state index is -0.277. The first-order valence-electron chi connectivity index (χ1n) is 5.94. The molecule has 2 unspecified atom stereocenters. The number of aromatic nitrogens is 1. The van der Waals surface area contributed by atoms with Crippen LogP contribution in [0.15, 0.2) is 6.20 Å². The van der Waals surface area contributed by atoms with E-state index < -0.39 is 0 Å². The van der Waals surface area contributed by atoms with Crippen molar-refractivity contribution in [1.82, 2.24) is 10.3 Å². The van der Waals surface area contributed by atoms with E-state index in [1.165, 1.54) is 0 Å². The zero-order valence-corrected chi connectivity index (χ0v) is 11.3. The number of nitrogens with zero attached hydrogens (tertiary/aromatic N) is 1. The van der Waals surface area contributed by atoms with E-state index in [0.29, 0.717) is 13.0 Å². The highest BCUT2D eigenvalue weighted by atomic mass is 32.1. The third kappa shape index (κ3) is 3.07. The van der Waals surface area contributed by atoms with Crippen molar-refractivity contribution in [3.05, 3.63) is 16.1 Å². The molecule has 1 fully saturated rings. The zero-order valence-electron chi connectivity index (χ0n) is 10.4. The third-order valence-corrected chi connectivity index (χ3v) is 4.01. The van der Waals surface area contributed by atoms with Gasteiger partial charge in [-0.2, -0.15) is 0 Å². The minimum Gasteiger partial charge on any atom is -0.465 e. The van der Waals surface area contributed by atoms with E-state index in [0.717, 1.165) is 9.88 Å². The standard InChI is InChI=1S/C12H16N2O3S/c1-7(10-6-13-8(2)18-10)14-11(15)5-9-3-4-17-12(9)16/h6-7,9H,3-5H2,1-2H3,(H,14,15). The third-order valence-electron chi connectivity index (χ3n) is 2.92. The van der Waals surface area contributed by atoms with E-state index in [1.54, 1.807) is 17.5 Å². The molecule has 0 radical (unpaired) electrons. The van der Waals surface area contributed by atoms with Crippen LogP contribution in [-0.4, -0.2) is 23.5 Å². The van der Waals surface area contributed by atoms with Gasteiger partial charge < -0.3 is 10.1 Å². The van der Waals surface area contributed by atoms with Gasteiger partial charge in [0.25, 0.3) is 0 Å². The number of rotatable bonds is 4. The summed E-state index contributed by atoms with van der Waals surface area (Å²) in [4.78, 5) is 28.2. The summed E-state index contributed by atoms with van der Waals surface area (Å²) >= 11 is 1.56. The molecule has 18 heavy (non-hydrogen) atoms. The summed E-state index contributed by atoms with van der Waals surface area (Å²) in [7, 11) is 0. The maximum absolute atomic E-state index is 11.8. The average Bonchev–Trinajstić information content (AvgIpc) is 2.89. The summed E-state index contributed by atoms with van der Waals surface area (Å²) in [6.45, 7) is 4.27. The highest BCUT2D eigenvalue weighted by Gasteiger charge is 2.29. The predicted molar refractivity (Wildman–Crippen MR) is 67.1 cm³/mol. The van der Waals surface area contributed by atoms with Crippen LogP contribution in [-0.2, 0) is 14.3 Å². The molecule has 2 rings (SSSR count). The van der Waals surface area contributed by atoms with Crippen LogP contribution in [0.1, 0.15) is 35.7 Å². The Morgan fingerprint density at radius 2 is 2.50 bits per heavy atom. The van der Waals surface area contributed by atoms with Gasteiger partial charge in [-0.1, -0.05) is 0 Å². The lowest BCUT2D eigenvalue weighted by atomic mass is 10.0. The summed E-state index contributed by atoms with van der Waals surface area (Å²) in [5.74, 6) is -0.649. The molecule has 0 aliphatic carbocycles. The van der Waals surface area contributed by atoms with Gasteiger partial charge in [0.05, 0.1) is 23.6 Å². The molecule has 0 bridgehead atoms. The number of carbonyl (C=O) groups excluding carboxylic acids is 2. The molecule has 0 spiro atoms. The number of cyclic esters (lactones) is 1. The minimum absolute atomic E-state index is 0.0684. The normalized spacial score (nSPS) is 20.6. The number of carbonyl (C=O) groups is 2. The Morgan fingerprint density at radius 3 is 3.06 bits per heavy atom. The topological polar surface area (TPSA) is 68.3 Å². The van der Waals surface area contributed by atoms with E-state index in [-0.39, 0.29) is 30.3 Å². The molecule has 5 nitrogen and oxygen atoms in total. The molecule has 0 aromatic carbocycles. The Hall–Kier alpha value is -1.43. The van der Waals surface area contributed by atoms with Gasteiger partial charge in [-0.25, -0.2) is 4.98 Å². The van der Waals surface area contributed by atoms with Gasteiger partial charge in [0.15, 0.2) is 0 Å². The highest BCUT2D eigenvalue weighted by molar-refractivity contribution is 7.11. The molecule has 1 aromatic heterocycles. The van der Waals surface area contributed by atoms with Crippen molar-refractivity contribution in [1.29, 1.82) is 0 Å². The number of ether oxygens (including phenoxy) is 1. The highest BCUT2D eigenvalue weighted by Crippen LogP contribution is 2.21. The van der Waals surface area contributed by atoms with Gasteiger partial charge in [-0.15, -0.1) is 11.3 Å². The largest absolute Gasteiger partial charge is 0.465 e. The van der Waals surface area contributed by atoms with E-state index in [9.17, 15) is 9.59 Å². The number of nitrogens with one attached hydrogen (secondary N) is 1. The summed E-state index contributed by atoms with van der Waals surface area (Å²) in [6.07, 6.45) is 2.62. The van der Waals surface area contributed by atoms with Gasteiger partial charge in [-0.05, 0) is 20.3 Å². The molecule has 1 aliphatic heterocycles. The van der Waals surface area contributed by atoms with Crippen LogP contribution >= 0.6 is 11.3 Å². The average molecular weight is 268 g/mol.